The third kappa shape index (κ3) is 5.62. The number of phenolic OH excluding ortho intramolecular Hbond substituents is 1. The fraction of sp³-hybridized carbons (Fsp3) is 0.0455. The number of carbonyl (C=O) groups is 1. The third-order valence-corrected chi connectivity index (χ3v) is 4.16. The number of ether oxygens (including phenoxy) is 1. The summed E-state index contributed by atoms with van der Waals surface area (Å²) in [5, 5.41) is 12.6. The molecule has 0 saturated heterocycles. The van der Waals surface area contributed by atoms with Crippen LogP contribution in [-0.4, -0.2) is 11.0 Å². The Labute approximate surface area is 162 Å². The summed E-state index contributed by atoms with van der Waals surface area (Å²) in [5.74, 6) is 0.626. The van der Waals surface area contributed by atoms with E-state index in [2.05, 4.69) is 5.32 Å². The van der Waals surface area contributed by atoms with Crippen molar-refractivity contribution >= 4 is 29.3 Å². The van der Waals surface area contributed by atoms with Gasteiger partial charge >= 0.3 is 0 Å². The van der Waals surface area contributed by atoms with Crippen molar-refractivity contribution in [3.05, 3.63) is 95.0 Å². The highest BCUT2D eigenvalue weighted by molar-refractivity contribution is 6.31. The Morgan fingerprint density at radius 1 is 1.00 bits per heavy atom. The fourth-order valence-electron chi connectivity index (χ4n) is 2.35. The number of aromatic hydroxyl groups is 1. The quantitative estimate of drug-likeness (QED) is 0.452. The molecule has 0 saturated carbocycles. The molecule has 136 valence electrons. The van der Waals surface area contributed by atoms with E-state index in [-0.39, 0.29) is 11.7 Å². The van der Waals surface area contributed by atoms with Crippen molar-refractivity contribution in [1.29, 1.82) is 0 Å². The van der Waals surface area contributed by atoms with Crippen LogP contribution in [0.3, 0.4) is 0 Å². The van der Waals surface area contributed by atoms with Crippen molar-refractivity contribution < 1.29 is 14.6 Å². The topological polar surface area (TPSA) is 58.6 Å². The first kappa shape index (κ1) is 18.5. The molecule has 0 bridgehead atoms. The summed E-state index contributed by atoms with van der Waals surface area (Å²) in [7, 11) is 0. The number of rotatable bonds is 6. The van der Waals surface area contributed by atoms with Crippen molar-refractivity contribution in [2.75, 3.05) is 5.32 Å². The van der Waals surface area contributed by atoms with Crippen molar-refractivity contribution in [2.45, 2.75) is 6.61 Å². The molecule has 0 fully saturated rings. The van der Waals surface area contributed by atoms with Crippen LogP contribution in [0, 0.1) is 0 Å². The minimum Gasteiger partial charge on any atom is -0.508 e. The zero-order chi connectivity index (χ0) is 19.1. The number of hydrogen-bond acceptors (Lipinski definition) is 3. The van der Waals surface area contributed by atoms with Gasteiger partial charge in [-0.3, -0.25) is 4.79 Å². The van der Waals surface area contributed by atoms with Crippen LogP contribution in [0.2, 0.25) is 5.02 Å². The molecule has 0 aliphatic heterocycles. The van der Waals surface area contributed by atoms with E-state index in [0.29, 0.717) is 17.3 Å². The smallest absolute Gasteiger partial charge is 0.248 e. The maximum absolute atomic E-state index is 11.9. The number of halogens is 1. The Bertz CT molecular complexity index is 935. The number of hydrogen-bond donors (Lipinski definition) is 2. The van der Waals surface area contributed by atoms with E-state index in [9.17, 15) is 9.90 Å². The molecule has 0 atom stereocenters. The molecule has 2 N–H and O–H groups in total. The summed E-state index contributed by atoms with van der Waals surface area (Å²) < 4.78 is 5.73. The van der Waals surface area contributed by atoms with E-state index in [1.165, 1.54) is 18.2 Å². The minimum atomic E-state index is -0.250. The van der Waals surface area contributed by atoms with Crippen LogP contribution in [0.5, 0.6) is 11.5 Å². The molecule has 0 spiro atoms. The summed E-state index contributed by atoms with van der Waals surface area (Å²) in [6.45, 7) is 0.393. The molecular weight excluding hydrogens is 362 g/mol. The van der Waals surface area contributed by atoms with Crippen LogP contribution in [-0.2, 0) is 11.4 Å². The van der Waals surface area contributed by atoms with Crippen molar-refractivity contribution in [1.82, 2.24) is 0 Å². The van der Waals surface area contributed by atoms with Gasteiger partial charge in [0.2, 0.25) is 5.91 Å². The molecule has 0 heterocycles. The Morgan fingerprint density at radius 3 is 2.41 bits per heavy atom. The van der Waals surface area contributed by atoms with Crippen LogP contribution < -0.4 is 10.1 Å². The molecule has 1 amide bonds. The van der Waals surface area contributed by atoms with Gasteiger partial charge in [0.25, 0.3) is 0 Å². The highest BCUT2D eigenvalue weighted by Gasteiger charge is 2.01. The lowest BCUT2D eigenvalue weighted by atomic mass is 10.2. The SMILES string of the molecule is O=C(/C=C/c1ccc(OCc2ccccc2Cl)cc1)Nc1ccc(O)cc1. The predicted molar refractivity (Wildman–Crippen MR) is 108 cm³/mol. The lowest BCUT2D eigenvalue weighted by molar-refractivity contribution is -0.111. The second-order valence-corrected chi connectivity index (χ2v) is 6.23. The van der Waals surface area contributed by atoms with Gasteiger partial charge in [0.1, 0.15) is 18.1 Å². The van der Waals surface area contributed by atoms with Crippen LogP contribution in [0.1, 0.15) is 11.1 Å². The summed E-state index contributed by atoms with van der Waals surface area (Å²) >= 11 is 6.11. The summed E-state index contributed by atoms with van der Waals surface area (Å²) in [6, 6.07) is 21.3. The van der Waals surface area contributed by atoms with Crippen LogP contribution in [0.15, 0.2) is 78.9 Å². The van der Waals surface area contributed by atoms with Gasteiger partial charge in [0, 0.05) is 22.3 Å². The largest absolute Gasteiger partial charge is 0.508 e. The van der Waals surface area contributed by atoms with Crippen molar-refractivity contribution in [2.24, 2.45) is 0 Å². The lowest BCUT2D eigenvalue weighted by Gasteiger charge is -2.08. The molecule has 3 rings (SSSR count). The first-order valence-electron chi connectivity index (χ1n) is 8.34. The average Bonchev–Trinajstić information content (AvgIpc) is 2.68. The number of amides is 1. The van der Waals surface area contributed by atoms with Crippen LogP contribution in [0.25, 0.3) is 6.08 Å². The number of benzene rings is 3. The number of nitrogens with one attached hydrogen (secondary N) is 1. The number of anilines is 1. The van der Waals surface area contributed by atoms with Crippen LogP contribution >= 0.6 is 11.6 Å². The molecule has 0 unspecified atom stereocenters. The molecule has 0 radical (unpaired) electrons. The van der Waals surface area contributed by atoms with Gasteiger partial charge in [-0.15, -0.1) is 0 Å². The second kappa shape index (κ2) is 8.92. The maximum Gasteiger partial charge on any atom is 0.248 e. The Morgan fingerprint density at radius 2 is 1.70 bits per heavy atom. The van der Waals surface area contributed by atoms with E-state index in [4.69, 9.17) is 16.3 Å². The minimum absolute atomic E-state index is 0.153. The normalized spacial score (nSPS) is 10.7. The summed E-state index contributed by atoms with van der Waals surface area (Å²) in [6.07, 6.45) is 3.17. The Balaban J connectivity index is 1.53. The predicted octanol–water partition coefficient (Wildman–Crippen LogP) is 5.28. The highest BCUT2D eigenvalue weighted by Crippen LogP contribution is 2.19. The maximum atomic E-state index is 11.9. The number of carbonyl (C=O) groups excluding carboxylic acids is 1. The van der Waals surface area contributed by atoms with Crippen molar-refractivity contribution in [3.63, 3.8) is 0 Å². The lowest BCUT2D eigenvalue weighted by Crippen LogP contribution is -2.07. The summed E-state index contributed by atoms with van der Waals surface area (Å²) in [5.41, 5.74) is 2.42. The van der Waals surface area contributed by atoms with Gasteiger partial charge < -0.3 is 15.2 Å². The standard InChI is InChI=1S/C22H18ClNO3/c23-21-4-2-1-3-17(21)15-27-20-12-5-16(6-13-20)7-14-22(26)24-18-8-10-19(25)11-9-18/h1-14,25H,15H2,(H,24,26)/b14-7+. The number of phenols is 1. The molecule has 3 aromatic rings. The van der Waals surface area contributed by atoms with Gasteiger partial charge in [-0.05, 0) is 54.1 Å². The van der Waals surface area contributed by atoms with E-state index >= 15 is 0 Å². The monoisotopic (exact) mass is 379 g/mol. The Kier molecular flexibility index (Phi) is 6.13. The molecule has 3 aromatic carbocycles. The van der Waals surface area contributed by atoms with Gasteiger partial charge in [-0.25, -0.2) is 0 Å². The molecule has 0 aromatic heterocycles. The zero-order valence-electron chi connectivity index (χ0n) is 14.4. The molecule has 4 nitrogen and oxygen atoms in total. The Hall–Kier alpha value is -3.24. The second-order valence-electron chi connectivity index (χ2n) is 5.82. The van der Waals surface area contributed by atoms with E-state index in [1.807, 2.05) is 48.5 Å². The van der Waals surface area contributed by atoms with E-state index in [1.54, 1.807) is 18.2 Å². The third-order valence-electron chi connectivity index (χ3n) is 3.79. The van der Waals surface area contributed by atoms with Gasteiger partial charge in [0.05, 0.1) is 0 Å². The van der Waals surface area contributed by atoms with Crippen LogP contribution in [0.4, 0.5) is 5.69 Å². The average molecular weight is 380 g/mol. The van der Waals surface area contributed by atoms with Crippen molar-refractivity contribution in [3.8, 4) is 11.5 Å². The fourth-order valence-corrected chi connectivity index (χ4v) is 2.54. The zero-order valence-corrected chi connectivity index (χ0v) is 15.2. The van der Waals surface area contributed by atoms with Gasteiger partial charge in [-0.1, -0.05) is 41.9 Å². The first-order valence-corrected chi connectivity index (χ1v) is 8.72. The van der Waals surface area contributed by atoms with E-state index in [0.717, 1.165) is 16.9 Å². The summed E-state index contributed by atoms with van der Waals surface area (Å²) in [4.78, 5) is 11.9. The molecule has 5 heteroatoms. The molecule has 0 aliphatic carbocycles. The molecular formula is C22H18ClNO3. The van der Waals surface area contributed by atoms with E-state index < -0.39 is 0 Å². The highest BCUT2D eigenvalue weighted by atomic mass is 35.5. The van der Waals surface area contributed by atoms with Gasteiger partial charge in [0.15, 0.2) is 0 Å². The van der Waals surface area contributed by atoms with Gasteiger partial charge in [-0.2, -0.15) is 0 Å². The molecule has 0 aliphatic rings. The first-order chi connectivity index (χ1) is 13.1. The molecule has 27 heavy (non-hydrogen) atoms.